The lowest BCUT2D eigenvalue weighted by Gasteiger charge is -2.42. The molecule has 0 radical (unpaired) electrons. The maximum atomic E-state index is 14.0. The number of phenols is 1. The second-order valence-electron chi connectivity index (χ2n) is 10.6. The van der Waals surface area contributed by atoms with Crippen molar-refractivity contribution in [3.05, 3.63) is 105 Å². The molecule has 1 aliphatic heterocycles. The first kappa shape index (κ1) is 25.2. The molecule has 0 aromatic heterocycles. The number of halogens is 2. The van der Waals surface area contributed by atoms with Crippen molar-refractivity contribution in [2.75, 3.05) is 4.90 Å². The number of hydrogen-bond donors (Lipinski definition) is 1. The fourth-order valence-electron chi connectivity index (χ4n) is 6.96. The lowest BCUT2D eigenvalue weighted by molar-refractivity contribution is -0.123. The van der Waals surface area contributed by atoms with Crippen molar-refractivity contribution < 1.29 is 24.3 Å². The van der Waals surface area contributed by atoms with E-state index in [2.05, 4.69) is 15.9 Å². The Balaban J connectivity index is 1.41. The van der Waals surface area contributed by atoms with Gasteiger partial charge in [-0.05, 0) is 76.0 Å². The van der Waals surface area contributed by atoms with Crippen LogP contribution in [-0.4, -0.2) is 28.5 Å². The first-order valence-electron chi connectivity index (χ1n) is 13.0. The molecule has 1 fully saturated rings. The molecule has 1 N–H and O–H groups in total. The average Bonchev–Trinajstić information content (AvgIpc) is 3.21. The number of amides is 2. The number of rotatable bonds is 2. The molecule has 3 aromatic carbocycles. The molecule has 0 bridgehead atoms. The number of Topliss-reactive ketones (excluding diaryl/α,β-unsaturated/α-hetero) is 1. The van der Waals surface area contributed by atoms with Gasteiger partial charge in [-0.2, -0.15) is 0 Å². The van der Waals surface area contributed by atoms with Gasteiger partial charge in [0.2, 0.25) is 11.8 Å². The van der Waals surface area contributed by atoms with Crippen molar-refractivity contribution in [1.82, 2.24) is 0 Å². The van der Waals surface area contributed by atoms with E-state index in [1.807, 2.05) is 30.3 Å². The quantitative estimate of drug-likeness (QED) is 0.212. The number of fused-ring (bicyclic) bond motifs is 4. The highest BCUT2D eigenvalue weighted by atomic mass is 79.9. The number of carbonyl (C=O) groups excluding carboxylic acids is 4. The summed E-state index contributed by atoms with van der Waals surface area (Å²) in [4.78, 5) is 55.8. The zero-order chi connectivity index (χ0) is 27.9. The van der Waals surface area contributed by atoms with Crippen molar-refractivity contribution in [2.24, 2.45) is 17.8 Å². The minimum Gasteiger partial charge on any atom is -0.507 e. The van der Waals surface area contributed by atoms with Gasteiger partial charge in [-0.15, -0.1) is 0 Å². The molecule has 7 rings (SSSR count). The maximum Gasteiger partial charge on any atom is 0.238 e. The molecule has 40 heavy (non-hydrogen) atoms. The summed E-state index contributed by atoms with van der Waals surface area (Å²) in [6.07, 6.45) is 3.84. The summed E-state index contributed by atoms with van der Waals surface area (Å²) in [6, 6.07) is 17.4. The van der Waals surface area contributed by atoms with Crippen LogP contribution in [0.4, 0.5) is 5.69 Å². The minimum atomic E-state index is -0.671. The van der Waals surface area contributed by atoms with Gasteiger partial charge < -0.3 is 5.11 Å². The van der Waals surface area contributed by atoms with E-state index < -0.39 is 23.7 Å². The van der Waals surface area contributed by atoms with Gasteiger partial charge in [0, 0.05) is 33.5 Å². The number of aromatic hydroxyl groups is 1. The van der Waals surface area contributed by atoms with Gasteiger partial charge >= 0.3 is 0 Å². The van der Waals surface area contributed by atoms with Crippen LogP contribution in [-0.2, 0) is 19.2 Å². The van der Waals surface area contributed by atoms with E-state index in [1.54, 1.807) is 36.4 Å². The summed E-state index contributed by atoms with van der Waals surface area (Å²) in [6.45, 7) is 0. The molecule has 0 spiro atoms. The van der Waals surface area contributed by atoms with Gasteiger partial charge in [0.1, 0.15) is 5.75 Å². The van der Waals surface area contributed by atoms with Gasteiger partial charge in [0.05, 0.1) is 22.0 Å². The van der Waals surface area contributed by atoms with E-state index in [1.165, 1.54) is 11.0 Å². The molecule has 0 saturated carbocycles. The van der Waals surface area contributed by atoms with Crippen LogP contribution in [0.3, 0.4) is 0 Å². The molecule has 1 heterocycles. The minimum absolute atomic E-state index is 0.113. The molecular weight excluding hydrogens is 594 g/mol. The van der Waals surface area contributed by atoms with Crippen LogP contribution < -0.4 is 4.90 Å². The van der Waals surface area contributed by atoms with Gasteiger partial charge in [-0.1, -0.05) is 53.6 Å². The van der Waals surface area contributed by atoms with Crippen molar-refractivity contribution in [1.29, 1.82) is 0 Å². The fraction of sp³-hybridized carbons (Fsp3) is 0.188. The SMILES string of the molecule is O=C1C=C(Br)C(=O)C2=C1[C@@H](c1ccc(O)c3ccccc13)C1=CC[C@@H]3C(=O)N(c4ccc(Cl)cc4)C(=O)[C@@H]3[C@@H]1C2. The average molecular weight is 615 g/mol. The normalized spacial score (nSPS) is 26.0. The monoisotopic (exact) mass is 613 g/mol. The van der Waals surface area contributed by atoms with Crippen LogP contribution in [0.2, 0.25) is 5.02 Å². The molecule has 4 atom stereocenters. The number of anilines is 1. The van der Waals surface area contributed by atoms with Crippen LogP contribution in [0.5, 0.6) is 5.75 Å². The Bertz CT molecular complexity index is 1790. The topological polar surface area (TPSA) is 91.8 Å². The Morgan fingerprint density at radius 3 is 2.35 bits per heavy atom. The van der Waals surface area contributed by atoms with Gasteiger partial charge in [0.15, 0.2) is 11.6 Å². The maximum absolute atomic E-state index is 14.0. The number of nitrogens with zero attached hydrogens (tertiary/aromatic N) is 1. The van der Waals surface area contributed by atoms with Crippen molar-refractivity contribution in [2.45, 2.75) is 18.8 Å². The van der Waals surface area contributed by atoms with Crippen molar-refractivity contribution in [3.8, 4) is 5.75 Å². The number of benzene rings is 3. The molecule has 1 saturated heterocycles. The van der Waals surface area contributed by atoms with E-state index in [0.717, 1.165) is 16.5 Å². The van der Waals surface area contributed by atoms with Crippen LogP contribution in [0.15, 0.2) is 94.0 Å². The number of carbonyl (C=O) groups is 4. The molecule has 3 aromatic rings. The Kier molecular flexibility index (Phi) is 5.74. The van der Waals surface area contributed by atoms with Crippen molar-refractivity contribution in [3.63, 3.8) is 0 Å². The summed E-state index contributed by atoms with van der Waals surface area (Å²) >= 11 is 9.31. The number of allylic oxidation sites excluding steroid dienone is 6. The Morgan fingerprint density at radius 1 is 0.875 bits per heavy atom. The molecule has 198 valence electrons. The van der Waals surface area contributed by atoms with E-state index in [9.17, 15) is 24.3 Å². The number of imide groups is 1. The van der Waals surface area contributed by atoms with E-state index in [0.29, 0.717) is 33.7 Å². The molecular formula is C32H21BrClNO5. The largest absolute Gasteiger partial charge is 0.507 e. The van der Waals surface area contributed by atoms with E-state index in [4.69, 9.17) is 11.6 Å². The van der Waals surface area contributed by atoms with Crippen LogP contribution in [0.25, 0.3) is 10.8 Å². The highest BCUT2D eigenvalue weighted by Crippen LogP contribution is 2.56. The van der Waals surface area contributed by atoms with E-state index in [-0.39, 0.29) is 40.0 Å². The summed E-state index contributed by atoms with van der Waals surface area (Å²) in [7, 11) is 0. The predicted molar refractivity (Wildman–Crippen MR) is 154 cm³/mol. The third-order valence-electron chi connectivity index (χ3n) is 8.66. The van der Waals surface area contributed by atoms with Gasteiger partial charge in [-0.3, -0.25) is 24.1 Å². The Hall–Kier alpha value is -3.81. The molecule has 0 unspecified atom stereocenters. The van der Waals surface area contributed by atoms with Crippen LogP contribution in [0.1, 0.15) is 24.3 Å². The highest BCUT2D eigenvalue weighted by Gasteiger charge is 2.56. The summed E-state index contributed by atoms with van der Waals surface area (Å²) in [5, 5.41) is 12.5. The molecule has 3 aliphatic carbocycles. The second kappa shape index (κ2) is 9.11. The van der Waals surface area contributed by atoms with Crippen LogP contribution in [0, 0.1) is 17.8 Å². The first-order valence-corrected chi connectivity index (χ1v) is 14.2. The third kappa shape index (κ3) is 3.54. The number of phenolic OH excluding ortho intramolecular Hbond substituents is 1. The summed E-state index contributed by atoms with van der Waals surface area (Å²) < 4.78 is 0.182. The fourth-order valence-corrected chi connectivity index (χ4v) is 7.54. The standard InChI is InChI=1S/C32H21BrClNO5/c33-24-14-26(37)29-23(30(24)38)13-22-20(27(29)19-11-12-25(36)18-4-2-1-3-17(18)19)9-10-21-28(22)32(40)35(31(21)39)16-7-5-15(34)6-8-16/h1-9,11-12,14,21-22,27-28,36H,10,13H2/t21-,22+,27-,28-/m0/s1. The Labute approximate surface area is 242 Å². The Morgan fingerprint density at radius 2 is 1.60 bits per heavy atom. The van der Waals surface area contributed by atoms with Crippen LogP contribution >= 0.6 is 27.5 Å². The smallest absolute Gasteiger partial charge is 0.238 e. The lowest BCUT2D eigenvalue weighted by Crippen LogP contribution is -2.39. The summed E-state index contributed by atoms with van der Waals surface area (Å²) in [5.41, 5.74) is 2.87. The highest BCUT2D eigenvalue weighted by molar-refractivity contribution is 9.12. The third-order valence-corrected chi connectivity index (χ3v) is 9.50. The number of hydrogen-bond acceptors (Lipinski definition) is 5. The molecule has 2 amide bonds. The molecule has 4 aliphatic rings. The van der Waals surface area contributed by atoms with Gasteiger partial charge in [-0.25, -0.2) is 0 Å². The number of ketones is 2. The van der Waals surface area contributed by atoms with Crippen molar-refractivity contribution >= 4 is 67.4 Å². The summed E-state index contributed by atoms with van der Waals surface area (Å²) in [5.74, 6) is -3.29. The first-order chi connectivity index (χ1) is 19.3. The zero-order valence-corrected chi connectivity index (χ0v) is 23.3. The van der Waals surface area contributed by atoms with E-state index >= 15 is 0 Å². The van der Waals surface area contributed by atoms with Gasteiger partial charge in [0.25, 0.3) is 0 Å². The molecule has 6 nitrogen and oxygen atoms in total. The second-order valence-corrected chi connectivity index (χ2v) is 11.9. The zero-order valence-electron chi connectivity index (χ0n) is 20.9. The molecule has 8 heteroatoms. The lowest BCUT2D eigenvalue weighted by atomic mass is 9.59. The predicted octanol–water partition coefficient (Wildman–Crippen LogP) is 6.17.